The average molecular weight is 281 g/mol. The molecular formula is C16H15N3O2. The first-order valence-corrected chi connectivity index (χ1v) is 6.58. The van der Waals surface area contributed by atoms with Gasteiger partial charge in [0.2, 0.25) is 0 Å². The van der Waals surface area contributed by atoms with Crippen molar-refractivity contribution in [1.29, 1.82) is 0 Å². The van der Waals surface area contributed by atoms with Crippen LogP contribution in [0.5, 0.6) is 0 Å². The number of ether oxygens (including phenoxy) is 1. The van der Waals surface area contributed by atoms with Gasteiger partial charge in [-0.3, -0.25) is 9.72 Å². The fourth-order valence-electron chi connectivity index (χ4n) is 2.21. The van der Waals surface area contributed by atoms with Crippen molar-refractivity contribution in [1.82, 2.24) is 9.38 Å². The molecule has 2 aromatic heterocycles. The standard InChI is InChI=1S/C16H15N3O2/c1-11-8-9-19-13(10-11)17-14(12-6-4-3-5-7-12)15(19)18-16(20)21-2/h3-10H,1-2H3,(H,18,20). The summed E-state index contributed by atoms with van der Waals surface area (Å²) in [4.78, 5) is 16.2. The molecule has 0 bridgehead atoms. The Morgan fingerprint density at radius 2 is 2.00 bits per heavy atom. The lowest BCUT2D eigenvalue weighted by Gasteiger charge is -2.06. The second-order valence-electron chi connectivity index (χ2n) is 4.72. The van der Waals surface area contributed by atoms with Crippen LogP contribution in [-0.2, 0) is 4.74 Å². The third-order valence-corrected chi connectivity index (χ3v) is 3.23. The largest absolute Gasteiger partial charge is 0.453 e. The molecule has 0 saturated heterocycles. The number of anilines is 1. The maximum Gasteiger partial charge on any atom is 0.412 e. The molecule has 5 heteroatoms. The number of hydrogen-bond acceptors (Lipinski definition) is 3. The molecule has 21 heavy (non-hydrogen) atoms. The summed E-state index contributed by atoms with van der Waals surface area (Å²) in [6, 6.07) is 13.7. The number of amides is 1. The highest BCUT2D eigenvalue weighted by Crippen LogP contribution is 2.29. The van der Waals surface area contributed by atoms with Crippen molar-refractivity contribution in [2.24, 2.45) is 0 Å². The van der Waals surface area contributed by atoms with Gasteiger partial charge in [0.05, 0.1) is 7.11 Å². The molecule has 0 aliphatic rings. The van der Waals surface area contributed by atoms with E-state index in [0.717, 1.165) is 16.8 Å². The fraction of sp³-hybridized carbons (Fsp3) is 0.125. The predicted octanol–water partition coefficient (Wildman–Crippen LogP) is 3.49. The summed E-state index contributed by atoms with van der Waals surface area (Å²) >= 11 is 0. The van der Waals surface area contributed by atoms with Crippen LogP contribution in [-0.4, -0.2) is 22.6 Å². The zero-order valence-corrected chi connectivity index (χ0v) is 11.8. The maximum atomic E-state index is 11.6. The molecule has 5 nitrogen and oxygen atoms in total. The van der Waals surface area contributed by atoms with Crippen LogP contribution in [0.2, 0.25) is 0 Å². The number of nitrogens with zero attached hydrogens (tertiary/aromatic N) is 2. The van der Waals surface area contributed by atoms with E-state index in [1.165, 1.54) is 7.11 Å². The molecule has 0 radical (unpaired) electrons. The van der Waals surface area contributed by atoms with Crippen molar-refractivity contribution in [2.45, 2.75) is 6.92 Å². The molecule has 1 N–H and O–H groups in total. The molecular weight excluding hydrogens is 266 g/mol. The Morgan fingerprint density at radius 3 is 2.71 bits per heavy atom. The average Bonchev–Trinajstić information content (AvgIpc) is 2.85. The van der Waals surface area contributed by atoms with Crippen LogP contribution < -0.4 is 5.32 Å². The number of imidazole rings is 1. The van der Waals surface area contributed by atoms with E-state index in [1.807, 2.05) is 60.0 Å². The second kappa shape index (κ2) is 5.28. The molecule has 1 amide bonds. The number of carbonyl (C=O) groups excluding carboxylic acids is 1. The summed E-state index contributed by atoms with van der Waals surface area (Å²) in [5.41, 5.74) is 3.54. The van der Waals surface area contributed by atoms with Crippen molar-refractivity contribution in [3.63, 3.8) is 0 Å². The van der Waals surface area contributed by atoms with Crippen molar-refractivity contribution in [2.75, 3.05) is 12.4 Å². The van der Waals surface area contributed by atoms with E-state index in [0.29, 0.717) is 11.5 Å². The van der Waals surface area contributed by atoms with E-state index in [4.69, 9.17) is 4.74 Å². The third kappa shape index (κ3) is 2.45. The summed E-state index contributed by atoms with van der Waals surface area (Å²) in [7, 11) is 1.34. The fourth-order valence-corrected chi connectivity index (χ4v) is 2.21. The number of fused-ring (bicyclic) bond motifs is 1. The van der Waals surface area contributed by atoms with Crippen molar-refractivity contribution >= 4 is 17.6 Å². The maximum absolute atomic E-state index is 11.6. The predicted molar refractivity (Wildman–Crippen MR) is 81.4 cm³/mol. The first-order chi connectivity index (χ1) is 10.2. The number of aryl methyl sites for hydroxylation is 1. The van der Waals surface area contributed by atoms with Crippen LogP contribution in [0.4, 0.5) is 10.6 Å². The molecule has 2 heterocycles. The molecule has 0 saturated carbocycles. The lowest BCUT2D eigenvalue weighted by atomic mass is 10.1. The smallest absolute Gasteiger partial charge is 0.412 e. The minimum absolute atomic E-state index is 0.519. The number of aromatic nitrogens is 2. The second-order valence-corrected chi connectivity index (χ2v) is 4.72. The van der Waals surface area contributed by atoms with E-state index in [9.17, 15) is 4.79 Å². The van der Waals surface area contributed by atoms with Gasteiger partial charge in [-0.2, -0.15) is 0 Å². The summed E-state index contributed by atoms with van der Waals surface area (Å²) in [5.74, 6) is 0.600. The van der Waals surface area contributed by atoms with Crippen LogP contribution in [0.25, 0.3) is 16.9 Å². The van der Waals surface area contributed by atoms with Crippen molar-refractivity contribution < 1.29 is 9.53 Å². The molecule has 106 valence electrons. The van der Waals surface area contributed by atoms with Gasteiger partial charge in [-0.1, -0.05) is 30.3 Å². The summed E-state index contributed by atoms with van der Waals surface area (Å²) in [6.07, 6.45) is 1.37. The van der Waals surface area contributed by atoms with E-state index >= 15 is 0 Å². The van der Waals surface area contributed by atoms with Gasteiger partial charge in [0.25, 0.3) is 0 Å². The first kappa shape index (κ1) is 13.2. The Morgan fingerprint density at radius 1 is 1.24 bits per heavy atom. The zero-order valence-electron chi connectivity index (χ0n) is 11.8. The molecule has 0 aliphatic heterocycles. The Kier molecular flexibility index (Phi) is 3.31. The zero-order chi connectivity index (χ0) is 14.8. The van der Waals surface area contributed by atoms with Crippen LogP contribution in [0.3, 0.4) is 0 Å². The number of nitrogens with one attached hydrogen (secondary N) is 1. The van der Waals surface area contributed by atoms with Crippen molar-refractivity contribution in [3.05, 3.63) is 54.2 Å². The Labute approximate surface area is 122 Å². The van der Waals surface area contributed by atoms with E-state index in [1.54, 1.807) is 0 Å². The number of methoxy groups -OCH3 is 1. The Hall–Kier alpha value is -2.82. The SMILES string of the molecule is COC(=O)Nc1c(-c2ccccc2)nc2cc(C)ccn12. The van der Waals surface area contributed by atoms with Gasteiger partial charge in [-0.25, -0.2) is 9.78 Å². The Balaban J connectivity index is 2.22. The highest BCUT2D eigenvalue weighted by molar-refractivity contribution is 5.90. The molecule has 0 unspecified atom stereocenters. The van der Waals surface area contributed by atoms with Crippen LogP contribution in [0, 0.1) is 6.92 Å². The van der Waals surface area contributed by atoms with Crippen LogP contribution >= 0.6 is 0 Å². The summed E-state index contributed by atoms with van der Waals surface area (Å²) in [6.45, 7) is 2.00. The van der Waals surface area contributed by atoms with Gasteiger partial charge in [0, 0.05) is 11.8 Å². The van der Waals surface area contributed by atoms with Gasteiger partial charge >= 0.3 is 6.09 Å². The number of benzene rings is 1. The first-order valence-electron chi connectivity index (χ1n) is 6.58. The highest BCUT2D eigenvalue weighted by Gasteiger charge is 2.16. The quantitative estimate of drug-likeness (QED) is 0.782. The molecule has 0 fully saturated rings. The van der Waals surface area contributed by atoms with Gasteiger partial charge in [0.1, 0.15) is 17.2 Å². The highest BCUT2D eigenvalue weighted by atomic mass is 16.5. The minimum atomic E-state index is -0.519. The van der Waals surface area contributed by atoms with E-state index in [-0.39, 0.29) is 0 Å². The molecule has 0 spiro atoms. The minimum Gasteiger partial charge on any atom is -0.453 e. The molecule has 3 aromatic rings. The number of carbonyl (C=O) groups is 1. The lowest BCUT2D eigenvalue weighted by molar-refractivity contribution is 0.187. The summed E-state index contributed by atoms with van der Waals surface area (Å²) in [5, 5.41) is 2.74. The monoisotopic (exact) mass is 281 g/mol. The normalized spacial score (nSPS) is 10.6. The van der Waals surface area contributed by atoms with Crippen LogP contribution in [0.15, 0.2) is 48.7 Å². The van der Waals surface area contributed by atoms with E-state index < -0.39 is 6.09 Å². The molecule has 0 atom stereocenters. The van der Waals surface area contributed by atoms with Gasteiger partial charge in [-0.15, -0.1) is 0 Å². The topological polar surface area (TPSA) is 55.6 Å². The Bertz CT molecular complexity index is 794. The van der Waals surface area contributed by atoms with Crippen LogP contribution in [0.1, 0.15) is 5.56 Å². The van der Waals surface area contributed by atoms with Crippen molar-refractivity contribution in [3.8, 4) is 11.3 Å². The van der Waals surface area contributed by atoms with Gasteiger partial charge in [0.15, 0.2) is 0 Å². The number of hydrogen-bond donors (Lipinski definition) is 1. The summed E-state index contributed by atoms with van der Waals surface area (Å²) < 4.78 is 6.54. The lowest BCUT2D eigenvalue weighted by Crippen LogP contribution is -2.13. The third-order valence-electron chi connectivity index (χ3n) is 3.23. The van der Waals surface area contributed by atoms with E-state index in [2.05, 4.69) is 10.3 Å². The molecule has 3 rings (SSSR count). The van der Waals surface area contributed by atoms with Gasteiger partial charge in [-0.05, 0) is 24.6 Å². The molecule has 0 aliphatic carbocycles. The number of rotatable bonds is 2. The number of pyridine rings is 1. The molecule has 1 aromatic carbocycles. The van der Waals surface area contributed by atoms with Gasteiger partial charge < -0.3 is 4.74 Å².